The molecule has 0 saturated carbocycles. The van der Waals surface area contributed by atoms with Crippen LogP contribution in [-0.4, -0.2) is 23.8 Å². The van der Waals surface area contributed by atoms with Gasteiger partial charge in [-0.1, -0.05) is 16.8 Å². The fourth-order valence-electron chi connectivity index (χ4n) is 1.04. The van der Waals surface area contributed by atoms with Gasteiger partial charge < -0.3 is 15.7 Å². The summed E-state index contributed by atoms with van der Waals surface area (Å²) < 4.78 is 40.5. The second-order valence-electron chi connectivity index (χ2n) is 3.03. The molecule has 3 N–H and O–H groups in total. The van der Waals surface area contributed by atoms with Gasteiger partial charge in [0.2, 0.25) is 0 Å². The Morgan fingerprint density at radius 1 is 1.47 bits per heavy atom. The summed E-state index contributed by atoms with van der Waals surface area (Å²) in [5, 5.41) is 11.3. The Kier molecular flexibility index (Phi) is 4.06. The van der Waals surface area contributed by atoms with Gasteiger partial charge in [0.1, 0.15) is 5.75 Å². The number of benzene rings is 1. The third-order valence-electron chi connectivity index (χ3n) is 1.72. The molecular formula is C9H8ClF3N2O2. The van der Waals surface area contributed by atoms with Crippen molar-refractivity contribution in [2.45, 2.75) is 6.18 Å². The number of alkyl halides is 3. The molecule has 0 fully saturated rings. The molecule has 1 aromatic rings. The van der Waals surface area contributed by atoms with Gasteiger partial charge in [0.25, 0.3) is 0 Å². The zero-order valence-corrected chi connectivity index (χ0v) is 9.09. The van der Waals surface area contributed by atoms with E-state index in [0.29, 0.717) is 0 Å². The summed E-state index contributed by atoms with van der Waals surface area (Å²) in [4.78, 5) is 0. The number of hydrogen-bond acceptors (Lipinski definition) is 3. The van der Waals surface area contributed by atoms with E-state index in [1.54, 1.807) is 0 Å². The van der Waals surface area contributed by atoms with E-state index in [0.717, 1.165) is 6.07 Å². The van der Waals surface area contributed by atoms with E-state index in [1.807, 2.05) is 0 Å². The molecule has 94 valence electrons. The molecule has 8 heteroatoms. The van der Waals surface area contributed by atoms with Crippen molar-refractivity contribution < 1.29 is 23.1 Å². The molecule has 0 bridgehead atoms. The highest BCUT2D eigenvalue weighted by atomic mass is 35.5. The van der Waals surface area contributed by atoms with Crippen LogP contribution < -0.4 is 10.5 Å². The maximum Gasteiger partial charge on any atom is 0.422 e. The maximum atomic E-state index is 12.0. The molecule has 0 aliphatic carbocycles. The first kappa shape index (κ1) is 13.4. The summed E-state index contributed by atoms with van der Waals surface area (Å²) in [6.07, 6.45) is -4.48. The highest BCUT2D eigenvalue weighted by Crippen LogP contribution is 2.25. The lowest BCUT2D eigenvalue weighted by molar-refractivity contribution is -0.153. The Bertz CT molecular complexity index is 435. The number of halogens is 4. The van der Waals surface area contributed by atoms with Gasteiger partial charge >= 0.3 is 6.18 Å². The van der Waals surface area contributed by atoms with Crippen LogP contribution in [0.15, 0.2) is 23.4 Å². The molecule has 1 rings (SSSR count). The molecule has 0 aliphatic rings. The average Bonchev–Trinajstić information content (AvgIpc) is 2.24. The van der Waals surface area contributed by atoms with Crippen LogP contribution in [0.4, 0.5) is 13.2 Å². The Morgan fingerprint density at radius 3 is 2.65 bits per heavy atom. The quantitative estimate of drug-likeness (QED) is 0.383. The van der Waals surface area contributed by atoms with E-state index in [2.05, 4.69) is 9.89 Å². The molecule has 0 spiro atoms. The van der Waals surface area contributed by atoms with Crippen LogP contribution in [0, 0.1) is 0 Å². The first-order chi connectivity index (χ1) is 7.83. The Hall–Kier alpha value is -1.63. The Labute approximate surface area is 99.4 Å². The lowest BCUT2D eigenvalue weighted by atomic mass is 10.2. The fourth-order valence-corrected chi connectivity index (χ4v) is 1.20. The van der Waals surface area contributed by atoms with Crippen molar-refractivity contribution in [1.82, 2.24) is 0 Å². The molecule has 0 unspecified atom stereocenters. The van der Waals surface area contributed by atoms with E-state index in [9.17, 15) is 13.2 Å². The molecule has 0 saturated heterocycles. The predicted molar refractivity (Wildman–Crippen MR) is 55.5 cm³/mol. The summed E-state index contributed by atoms with van der Waals surface area (Å²) in [7, 11) is 0. The molecule has 0 amide bonds. The SMILES string of the molecule is NC(=NO)c1ccc(Cl)cc1OCC(F)(F)F. The molecule has 0 heterocycles. The minimum absolute atomic E-state index is 0.0288. The smallest absolute Gasteiger partial charge is 0.422 e. The number of rotatable bonds is 3. The highest BCUT2D eigenvalue weighted by Gasteiger charge is 2.29. The van der Waals surface area contributed by atoms with Crippen molar-refractivity contribution in [3.05, 3.63) is 28.8 Å². The maximum absolute atomic E-state index is 12.0. The number of nitrogens with two attached hydrogens (primary N) is 1. The van der Waals surface area contributed by atoms with Crippen molar-refractivity contribution in [2.75, 3.05) is 6.61 Å². The van der Waals surface area contributed by atoms with Gasteiger partial charge in [-0.05, 0) is 18.2 Å². The van der Waals surface area contributed by atoms with Gasteiger partial charge in [-0.3, -0.25) is 0 Å². The molecule has 1 aromatic carbocycles. The Morgan fingerprint density at radius 2 is 2.12 bits per heavy atom. The van der Waals surface area contributed by atoms with Crippen LogP contribution in [0.5, 0.6) is 5.75 Å². The highest BCUT2D eigenvalue weighted by molar-refractivity contribution is 6.30. The predicted octanol–water partition coefficient (Wildman–Crippen LogP) is 2.38. The van der Waals surface area contributed by atoms with Crippen LogP contribution in [-0.2, 0) is 0 Å². The minimum atomic E-state index is -4.48. The van der Waals surface area contributed by atoms with Crippen molar-refractivity contribution in [2.24, 2.45) is 10.9 Å². The van der Waals surface area contributed by atoms with Crippen molar-refractivity contribution in [3.8, 4) is 5.75 Å². The van der Waals surface area contributed by atoms with Gasteiger partial charge in [0, 0.05) is 5.02 Å². The van der Waals surface area contributed by atoms with Gasteiger partial charge in [-0.25, -0.2) is 0 Å². The number of amidine groups is 1. The van der Waals surface area contributed by atoms with Crippen molar-refractivity contribution in [3.63, 3.8) is 0 Å². The van der Waals surface area contributed by atoms with E-state index in [4.69, 9.17) is 22.5 Å². The third kappa shape index (κ3) is 4.03. The van der Waals surface area contributed by atoms with E-state index < -0.39 is 12.8 Å². The summed E-state index contributed by atoms with van der Waals surface area (Å²) in [5.41, 5.74) is 5.31. The monoisotopic (exact) mass is 268 g/mol. The largest absolute Gasteiger partial charge is 0.483 e. The number of nitrogens with zero attached hydrogens (tertiary/aromatic N) is 1. The first-order valence-electron chi connectivity index (χ1n) is 4.30. The van der Waals surface area contributed by atoms with Crippen LogP contribution in [0.3, 0.4) is 0 Å². The second kappa shape index (κ2) is 5.13. The number of oxime groups is 1. The Balaban J connectivity index is 3.00. The van der Waals surface area contributed by atoms with Crippen LogP contribution in [0.2, 0.25) is 5.02 Å². The summed E-state index contributed by atoms with van der Waals surface area (Å²) in [6.45, 7) is -1.49. The summed E-state index contributed by atoms with van der Waals surface area (Å²) >= 11 is 5.61. The summed E-state index contributed by atoms with van der Waals surface area (Å²) in [6, 6.07) is 3.83. The van der Waals surface area contributed by atoms with Crippen molar-refractivity contribution in [1.29, 1.82) is 0 Å². The van der Waals surface area contributed by atoms with Crippen LogP contribution in [0.25, 0.3) is 0 Å². The molecule has 0 aromatic heterocycles. The van der Waals surface area contributed by atoms with Crippen LogP contribution in [0.1, 0.15) is 5.56 Å². The molecule has 4 nitrogen and oxygen atoms in total. The number of hydrogen-bond donors (Lipinski definition) is 2. The standard InChI is InChI=1S/C9H8ClF3N2O2/c10-5-1-2-6(8(14)15-16)7(3-5)17-4-9(11,12)13/h1-3,16H,4H2,(H2,14,15). The van der Waals surface area contributed by atoms with Gasteiger partial charge in [0.15, 0.2) is 12.4 Å². The third-order valence-corrected chi connectivity index (χ3v) is 1.95. The normalized spacial score (nSPS) is 12.6. The molecule has 0 atom stereocenters. The van der Waals surface area contributed by atoms with E-state index >= 15 is 0 Å². The van der Waals surface area contributed by atoms with E-state index in [1.165, 1.54) is 12.1 Å². The lowest BCUT2D eigenvalue weighted by Crippen LogP contribution is -2.21. The van der Waals surface area contributed by atoms with Gasteiger partial charge in [0.05, 0.1) is 5.56 Å². The average molecular weight is 269 g/mol. The number of ether oxygens (including phenoxy) is 1. The zero-order chi connectivity index (χ0) is 13.1. The van der Waals surface area contributed by atoms with Crippen molar-refractivity contribution >= 4 is 17.4 Å². The second-order valence-corrected chi connectivity index (χ2v) is 3.47. The lowest BCUT2D eigenvalue weighted by Gasteiger charge is -2.12. The van der Waals surface area contributed by atoms with Crippen LogP contribution >= 0.6 is 11.6 Å². The molecule has 0 radical (unpaired) electrons. The van der Waals surface area contributed by atoms with E-state index in [-0.39, 0.29) is 22.2 Å². The first-order valence-corrected chi connectivity index (χ1v) is 4.68. The topological polar surface area (TPSA) is 67.8 Å². The zero-order valence-electron chi connectivity index (χ0n) is 8.33. The van der Waals surface area contributed by atoms with Gasteiger partial charge in [-0.15, -0.1) is 0 Å². The fraction of sp³-hybridized carbons (Fsp3) is 0.222. The molecular weight excluding hydrogens is 261 g/mol. The van der Waals surface area contributed by atoms with Gasteiger partial charge in [-0.2, -0.15) is 13.2 Å². The summed E-state index contributed by atoms with van der Waals surface area (Å²) in [5.74, 6) is -0.566. The molecule has 17 heavy (non-hydrogen) atoms. The molecule has 0 aliphatic heterocycles. The minimum Gasteiger partial charge on any atom is -0.483 e.